The summed E-state index contributed by atoms with van der Waals surface area (Å²) in [5, 5.41) is 3.86. The van der Waals surface area contributed by atoms with E-state index in [-0.39, 0.29) is 29.5 Å². The Morgan fingerprint density at radius 3 is 2.53 bits per heavy atom. The highest BCUT2D eigenvalue weighted by molar-refractivity contribution is 7.92. The molecule has 170 valence electrons. The number of ether oxygens (including phenoxy) is 1. The summed E-state index contributed by atoms with van der Waals surface area (Å²) < 4.78 is 38.4. The molecule has 0 spiro atoms. The third-order valence-corrected chi connectivity index (χ3v) is 6.80. The van der Waals surface area contributed by atoms with Crippen LogP contribution in [0.4, 0.5) is 5.69 Å². The van der Waals surface area contributed by atoms with Crippen LogP contribution in [0.25, 0.3) is 0 Å². The van der Waals surface area contributed by atoms with Crippen molar-refractivity contribution in [1.82, 2.24) is 10.1 Å². The van der Waals surface area contributed by atoms with Crippen LogP contribution in [-0.2, 0) is 27.8 Å². The highest BCUT2D eigenvalue weighted by atomic mass is 32.2. The topological polar surface area (TPSA) is 103 Å². The zero-order valence-corrected chi connectivity index (χ0v) is 19.4. The van der Waals surface area contributed by atoms with Crippen molar-refractivity contribution in [2.75, 3.05) is 10.8 Å². The molecule has 0 atom stereocenters. The number of aryl methyl sites for hydroxylation is 1. The van der Waals surface area contributed by atoms with Crippen LogP contribution in [0.1, 0.15) is 48.4 Å². The van der Waals surface area contributed by atoms with E-state index in [0.717, 1.165) is 0 Å². The molecule has 0 fully saturated rings. The second kappa shape index (κ2) is 9.95. The van der Waals surface area contributed by atoms with Crippen LogP contribution >= 0.6 is 0 Å². The third kappa shape index (κ3) is 5.34. The molecule has 3 aromatic rings. The van der Waals surface area contributed by atoms with Crippen molar-refractivity contribution < 1.29 is 22.5 Å². The number of esters is 1. The molecule has 0 saturated carbocycles. The Hall–Kier alpha value is -3.20. The van der Waals surface area contributed by atoms with Gasteiger partial charge in [0.25, 0.3) is 15.9 Å². The number of hydrogen-bond acceptors (Lipinski definition) is 7. The van der Waals surface area contributed by atoms with Gasteiger partial charge in [-0.1, -0.05) is 43.3 Å². The summed E-state index contributed by atoms with van der Waals surface area (Å²) in [7, 11) is -3.88. The monoisotopic (exact) mass is 457 g/mol. The molecule has 0 unspecified atom stereocenters. The fourth-order valence-corrected chi connectivity index (χ4v) is 4.94. The average Bonchev–Trinajstić information content (AvgIpc) is 3.20. The molecule has 3 rings (SSSR count). The first kappa shape index (κ1) is 23.5. The number of carbonyl (C=O) groups excluding carboxylic acids is 1. The van der Waals surface area contributed by atoms with E-state index >= 15 is 0 Å². The van der Waals surface area contributed by atoms with Crippen LogP contribution < -0.4 is 4.31 Å². The number of aromatic nitrogens is 2. The second-order valence-electron chi connectivity index (χ2n) is 7.76. The summed E-state index contributed by atoms with van der Waals surface area (Å²) in [5.74, 6) is 0.438. The minimum Gasteiger partial charge on any atom is -0.452 e. The van der Waals surface area contributed by atoms with E-state index in [1.807, 2.05) is 19.9 Å². The van der Waals surface area contributed by atoms with Crippen LogP contribution in [0.3, 0.4) is 0 Å². The van der Waals surface area contributed by atoms with Crippen LogP contribution in [0, 0.1) is 12.8 Å². The Morgan fingerprint density at radius 1 is 1.16 bits per heavy atom. The summed E-state index contributed by atoms with van der Waals surface area (Å²) in [6.45, 7) is 7.58. The number of rotatable bonds is 9. The van der Waals surface area contributed by atoms with Gasteiger partial charge in [-0.15, -0.1) is 0 Å². The summed E-state index contributed by atoms with van der Waals surface area (Å²) in [6, 6.07) is 13.3. The Morgan fingerprint density at radius 2 is 1.88 bits per heavy atom. The average molecular weight is 458 g/mol. The summed E-state index contributed by atoms with van der Waals surface area (Å²) >= 11 is 0. The molecule has 0 radical (unpaired) electrons. The Bertz CT molecular complexity index is 1170. The van der Waals surface area contributed by atoms with Crippen molar-refractivity contribution in [3.05, 3.63) is 71.4 Å². The van der Waals surface area contributed by atoms with E-state index in [4.69, 9.17) is 9.26 Å². The fraction of sp³-hybridized carbons (Fsp3) is 0.348. The summed E-state index contributed by atoms with van der Waals surface area (Å²) in [5.41, 5.74) is 1.21. The largest absolute Gasteiger partial charge is 0.452 e. The maximum atomic E-state index is 13.4. The summed E-state index contributed by atoms with van der Waals surface area (Å²) in [6.07, 6.45) is 0.659. The molecule has 9 heteroatoms. The first-order valence-corrected chi connectivity index (χ1v) is 11.8. The number of para-hydroxylation sites is 1. The minimum atomic E-state index is -3.88. The lowest BCUT2D eigenvalue weighted by atomic mass is 10.1. The lowest BCUT2D eigenvalue weighted by Gasteiger charge is -2.24. The second-order valence-corrected chi connectivity index (χ2v) is 9.59. The molecule has 1 aromatic heterocycles. The molecule has 0 aliphatic rings. The fourth-order valence-electron chi connectivity index (χ4n) is 3.22. The minimum absolute atomic E-state index is 0.0506. The number of nitrogens with zero attached hydrogens (tertiary/aromatic N) is 3. The SMILES string of the molecule is CCN(c1ccccc1)S(=O)(=O)c1cc(C(=O)OCc2nc(CC(C)C)no2)ccc1C. The molecule has 2 aromatic carbocycles. The van der Waals surface area contributed by atoms with Gasteiger partial charge < -0.3 is 9.26 Å². The van der Waals surface area contributed by atoms with E-state index in [1.165, 1.54) is 16.4 Å². The van der Waals surface area contributed by atoms with Gasteiger partial charge in [-0.25, -0.2) is 13.2 Å². The predicted octanol–water partition coefficient (Wildman–Crippen LogP) is 4.15. The van der Waals surface area contributed by atoms with Gasteiger partial charge in [-0.3, -0.25) is 4.31 Å². The highest BCUT2D eigenvalue weighted by Crippen LogP contribution is 2.26. The number of hydrogen-bond donors (Lipinski definition) is 0. The van der Waals surface area contributed by atoms with Crippen LogP contribution in [0.2, 0.25) is 0 Å². The van der Waals surface area contributed by atoms with E-state index in [2.05, 4.69) is 10.1 Å². The summed E-state index contributed by atoms with van der Waals surface area (Å²) in [4.78, 5) is 16.8. The van der Waals surface area contributed by atoms with E-state index in [9.17, 15) is 13.2 Å². The lowest BCUT2D eigenvalue weighted by Crippen LogP contribution is -2.31. The smallest absolute Gasteiger partial charge is 0.338 e. The number of anilines is 1. The molecule has 0 aliphatic carbocycles. The van der Waals surface area contributed by atoms with Gasteiger partial charge in [-0.05, 0) is 49.6 Å². The number of carbonyl (C=O) groups is 1. The van der Waals surface area contributed by atoms with Crippen LogP contribution in [0.5, 0.6) is 0 Å². The Kier molecular flexibility index (Phi) is 7.29. The van der Waals surface area contributed by atoms with Crippen molar-refractivity contribution in [3.8, 4) is 0 Å². The Labute approximate surface area is 188 Å². The van der Waals surface area contributed by atoms with E-state index < -0.39 is 16.0 Å². The van der Waals surface area contributed by atoms with Crippen LogP contribution in [0.15, 0.2) is 57.9 Å². The van der Waals surface area contributed by atoms with Crippen molar-refractivity contribution in [2.24, 2.45) is 5.92 Å². The van der Waals surface area contributed by atoms with Gasteiger partial charge in [0.1, 0.15) is 0 Å². The molecule has 0 aliphatic heterocycles. The maximum Gasteiger partial charge on any atom is 0.338 e. The quantitative estimate of drug-likeness (QED) is 0.445. The molecule has 8 nitrogen and oxygen atoms in total. The number of sulfonamides is 1. The zero-order valence-electron chi connectivity index (χ0n) is 18.6. The van der Waals surface area contributed by atoms with Gasteiger partial charge in [0.2, 0.25) is 0 Å². The van der Waals surface area contributed by atoms with Gasteiger partial charge in [0.15, 0.2) is 12.4 Å². The lowest BCUT2D eigenvalue weighted by molar-refractivity contribution is 0.0429. The van der Waals surface area contributed by atoms with E-state index in [1.54, 1.807) is 44.2 Å². The van der Waals surface area contributed by atoms with Crippen molar-refractivity contribution in [2.45, 2.75) is 45.6 Å². The van der Waals surface area contributed by atoms with Gasteiger partial charge >= 0.3 is 5.97 Å². The van der Waals surface area contributed by atoms with Crippen molar-refractivity contribution in [3.63, 3.8) is 0 Å². The first-order valence-electron chi connectivity index (χ1n) is 10.4. The number of benzene rings is 2. The zero-order chi connectivity index (χ0) is 23.3. The Balaban J connectivity index is 1.80. The molecular formula is C23H27N3O5S. The molecule has 0 saturated heterocycles. The third-order valence-electron chi connectivity index (χ3n) is 4.75. The van der Waals surface area contributed by atoms with E-state index in [0.29, 0.717) is 29.4 Å². The molecule has 0 N–H and O–H groups in total. The molecular weight excluding hydrogens is 430 g/mol. The van der Waals surface area contributed by atoms with Crippen molar-refractivity contribution in [1.29, 1.82) is 0 Å². The highest BCUT2D eigenvalue weighted by Gasteiger charge is 2.26. The van der Waals surface area contributed by atoms with Crippen molar-refractivity contribution >= 4 is 21.7 Å². The van der Waals surface area contributed by atoms with Gasteiger partial charge in [0, 0.05) is 13.0 Å². The maximum absolute atomic E-state index is 13.4. The molecule has 0 amide bonds. The van der Waals surface area contributed by atoms with Gasteiger partial charge in [-0.2, -0.15) is 4.98 Å². The predicted molar refractivity (Wildman–Crippen MR) is 120 cm³/mol. The van der Waals surface area contributed by atoms with Gasteiger partial charge in [0.05, 0.1) is 16.1 Å². The molecule has 32 heavy (non-hydrogen) atoms. The van der Waals surface area contributed by atoms with Crippen LogP contribution in [-0.4, -0.2) is 31.1 Å². The normalized spacial score (nSPS) is 11.5. The molecule has 0 bridgehead atoms. The first-order chi connectivity index (χ1) is 15.2. The standard InChI is InChI=1S/C23H27N3O5S/c1-5-26(19-9-7-6-8-10-19)32(28,29)20-14-18(12-11-17(20)4)23(27)30-15-22-24-21(25-31-22)13-16(2)3/h6-12,14,16H,5,13,15H2,1-4H3. The molecule has 1 heterocycles.